The number of anilines is 1. The molecule has 4 rings (SSSR count). The largest absolute Gasteiger partial charge is 0.362 e. The van der Waals surface area contributed by atoms with Gasteiger partial charge in [-0.2, -0.15) is 0 Å². The first-order valence-electron chi connectivity index (χ1n) is 11.6. The van der Waals surface area contributed by atoms with Crippen LogP contribution in [0.5, 0.6) is 0 Å². The number of fused-ring (bicyclic) bond motifs is 1. The summed E-state index contributed by atoms with van der Waals surface area (Å²) in [4.78, 5) is 19.5. The number of hydrogen-bond acceptors (Lipinski definition) is 5. The predicted molar refractivity (Wildman–Crippen MR) is 148 cm³/mol. The molecule has 0 unspecified atom stereocenters. The van der Waals surface area contributed by atoms with Gasteiger partial charge in [-0.1, -0.05) is 36.4 Å². The van der Waals surface area contributed by atoms with Crippen LogP contribution in [0, 0.1) is 10.1 Å². The average molecular weight is 506 g/mol. The van der Waals surface area contributed by atoms with Gasteiger partial charge in [0.05, 0.1) is 21.2 Å². The maximum absolute atomic E-state index is 10.8. The number of hydrogen-bond donors (Lipinski definition) is 0. The van der Waals surface area contributed by atoms with Crippen molar-refractivity contribution in [3.8, 4) is 0 Å². The van der Waals surface area contributed by atoms with E-state index < -0.39 is 4.92 Å². The minimum absolute atomic E-state index is 0.0553. The standard InChI is InChI=1S/C28H28ClN3O2S/c1-5-14-31-27-16-26(29)20(15-25(27)19(2)17-28(31,3)4)18-30-21-6-10-23(11-7-21)35-24-12-8-22(9-13-24)32(33)34/h6-13,15-18H,5,14H2,1-4H3. The van der Waals surface area contributed by atoms with Crippen molar-refractivity contribution in [3.63, 3.8) is 0 Å². The van der Waals surface area contributed by atoms with E-state index in [1.807, 2.05) is 30.5 Å². The Bertz CT molecular complexity index is 1300. The zero-order valence-corrected chi connectivity index (χ0v) is 21.9. The van der Waals surface area contributed by atoms with Gasteiger partial charge in [0.1, 0.15) is 0 Å². The molecule has 3 aromatic rings. The van der Waals surface area contributed by atoms with E-state index in [0.717, 1.165) is 34.0 Å². The minimum Gasteiger partial charge on any atom is -0.362 e. The molecule has 0 atom stereocenters. The number of benzene rings is 3. The molecule has 3 aromatic carbocycles. The van der Waals surface area contributed by atoms with Crippen LogP contribution < -0.4 is 4.90 Å². The Balaban J connectivity index is 1.52. The van der Waals surface area contributed by atoms with Gasteiger partial charge in [-0.15, -0.1) is 0 Å². The molecular formula is C28H28ClN3O2S. The maximum atomic E-state index is 10.8. The number of non-ortho nitro benzene ring substituents is 1. The molecule has 7 heteroatoms. The van der Waals surface area contributed by atoms with Crippen molar-refractivity contribution in [3.05, 3.63) is 93.0 Å². The Hall–Kier alpha value is -3.09. The smallest absolute Gasteiger partial charge is 0.269 e. The molecule has 180 valence electrons. The van der Waals surface area contributed by atoms with E-state index in [1.54, 1.807) is 23.9 Å². The van der Waals surface area contributed by atoms with Gasteiger partial charge < -0.3 is 4.90 Å². The summed E-state index contributed by atoms with van der Waals surface area (Å²) in [6.45, 7) is 9.79. The van der Waals surface area contributed by atoms with Crippen LogP contribution in [0.15, 0.2) is 81.5 Å². The van der Waals surface area contributed by atoms with Gasteiger partial charge in [0, 0.05) is 51.5 Å². The zero-order valence-electron chi connectivity index (χ0n) is 20.3. The predicted octanol–water partition coefficient (Wildman–Crippen LogP) is 8.56. The number of nitro benzene ring substituents is 1. The molecule has 0 fully saturated rings. The topological polar surface area (TPSA) is 58.7 Å². The number of nitro groups is 1. The van der Waals surface area contributed by atoms with Crippen LogP contribution in [0.25, 0.3) is 5.57 Å². The average Bonchev–Trinajstić information content (AvgIpc) is 2.81. The summed E-state index contributed by atoms with van der Waals surface area (Å²) < 4.78 is 0. The lowest BCUT2D eigenvalue weighted by Crippen LogP contribution is -2.45. The molecule has 0 spiro atoms. The summed E-state index contributed by atoms with van der Waals surface area (Å²) in [6.07, 6.45) is 5.20. The third kappa shape index (κ3) is 5.60. The first-order valence-corrected chi connectivity index (χ1v) is 12.7. The molecule has 5 nitrogen and oxygen atoms in total. The highest BCUT2D eigenvalue weighted by Crippen LogP contribution is 2.41. The van der Waals surface area contributed by atoms with Crippen LogP contribution in [-0.2, 0) is 0 Å². The molecule has 0 amide bonds. The van der Waals surface area contributed by atoms with Gasteiger partial charge >= 0.3 is 0 Å². The molecule has 0 aromatic heterocycles. The van der Waals surface area contributed by atoms with Crippen LogP contribution in [0.1, 0.15) is 45.2 Å². The molecule has 35 heavy (non-hydrogen) atoms. The van der Waals surface area contributed by atoms with Gasteiger partial charge in [0.2, 0.25) is 0 Å². The van der Waals surface area contributed by atoms with Crippen molar-refractivity contribution in [2.75, 3.05) is 11.4 Å². The normalized spacial score (nSPS) is 14.7. The Morgan fingerprint density at radius 2 is 1.71 bits per heavy atom. The maximum Gasteiger partial charge on any atom is 0.269 e. The second-order valence-corrected chi connectivity index (χ2v) is 10.7. The fourth-order valence-corrected chi connectivity index (χ4v) is 5.39. The SMILES string of the molecule is CCCN1c2cc(Cl)c(C=Nc3ccc(Sc4ccc([N+](=O)[O-])cc4)cc3)cc2C(C)=CC1(C)C. The highest BCUT2D eigenvalue weighted by Gasteiger charge is 2.31. The molecule has 1 aliphatic rings. The number of rotatable bonds is 7. The second-order valence-electron chi connectivity index (χ2n) is 9.13. The number of aliphatic imine (C=N–C) groups is 1. The molecule has 0 saturated heterocycles. The number of nitrogens with zero attached hydrogens (tertiary/aromatic N) is 3. The van der Waals surface area contributed by atoms with Crippen molar-refractivity contribution in [2.45, 2.75) is 49.4 Å². The van der Waals surface area contributed by atoms with Crippen LogP contribution in [-0.4, -0.2) is 23.2 Å². The van der Waals surface area contributed by atoms with Gasteiger partial charge in [0.25, 0.3) is 5.69 Å². The van der Waals surface area contributed by atoms with E-state index in [1.165, 1.54) is 29.0 Å². The van der Waals surface area contributed by atoms with Crippen molar-refractivity contribution in [1.82, 2.24) is 0 Å². The van der Waals surface area contributed by atoms with Crippen LogP contribution >= 0.6 is 23.4 Å². The Morgan fingerprint density at radius 1 is 1.09 bits per heavy atom. The molecule has 0 radical (unpaired) electrons. The minimum atomic E-state index is -0.393. The molecule has 0 aliphatic carbocycles. The summed E-state index contributed by atoms with van der Waals surface area (Å²) >= 11 is 8.24. The molecule has 1 aliphatic heterocycles. The summed E-state index contributed by atoms with van der Waals surface area (Å²) in [5.41, 5.74) is 5.36. The quantitative estimate of drug-likeness (QED) is 0.183. The Morgan fingerprint density at radius 3 is 2.31 bits per heavy atom. The van der Waals surface area contributed by atoms with Crippen LogP contribution in [0.2, 0.25) is 5.02 Å². The first-order chi connectivity index (χ1) is 16.7. The highest BCUT2D eigenvalue weighted by atomic mass is 35.5. The Kier molecular flexibility index (Phi) is 7.33. The summed E-state index contributed by atoms with van der Waals surface area (Å²) in [7, 11) is 0. The lowest BCUT2D eigenvalue weighted by Gasteiger charge is -2.43. The van der Waals surface area contributed by atoms with Crippen molar-refractivity contribution < 1.29 is 4.92 Å². The third-order valence-electron chi connectivity index (χ3n) is 6.02. The Labute approximate surface area is 215 Å². The fourth-order valence-electron chi connectivity index (χ4n) is 4.36. The van der Waals surface area contributed by atoms with E-state index in [-0.39, 0.29) is 11.2 Å². The zero-order chi connectivity index (χ0) is 25.2. The van der Waals surface area contributed by atoms with Gasteiger partial charge in [-0.3, -0.25) is 15.1 Å². The van der Waals surface area contributed by atoms with E-state index in [9.17, 15) is 10.1 Å². The van der Waals surface area contributed by atoms with Gasteiger partial charge in [-0.25, -0.2) is 0 Å². The molecule has 0 bridgehead atoms. The highest BCUT2D eigenvalue weighted by molar-refractivity contribution is 7.99. The van der Waals surface area contributed by atoms with Crippen LogP contribution in [0.3, 0.4) is 0 Å². The fraction of sp³-hybridized carbons (Fsp3) is 0.250. The molecule has 0 saturated carbocycles. The summed E-state index contributed by atoms with van der Waals surface area (Å²) in [6, 6.07) is 18.6. The lowest BCUT2D eigenvalue weighted by molar-refractivity contribution is -0.384. The monoisotopic (exact) mass is 505 g/mol. The third-order valence-corrected chi connectivity index (χ3v) is 7.36. The summed E-state index contributed by atoms with van der Waals surface area (Å²) in [5.74, 6) is 0. The van der Waals surface area contributed by atoms with Gasteiger partial charge in [-0.05, 0) is 81.3 Å². The molecule has 0 N–H and O–H groups in total. The van der Waals surface area contributed by atoms with Crippen LogP contribution in [0.4, 0.5) is 17.1 Å². The van der Waals surface area contributed by atoms with E-state index >= 15 is 0 Å². The number of halogens is 1. The van der Waals surface area contributed by atoms with E-state index in [0.29, 0.717) is 5.02 Å². The van der Waals surface area contributed by atoms with E-state index in [2.05, 4.69) is 55.8 Å². The first kappa shape index (κ1) is 25.0. The number of allylic oxidation sites excluding steroid dienone is 1. The lowest BCUT2D eigenvalue weighted by atomic mass is 9.88. The second kappa shape index (κ2) is 10.3. The van der Waals surface area contributed by atoms with Crippen molar-refractivity contribution in [2.24, 2.45) is 4.99 Å². The molecular weight excluding hydrogens is 478 g/mol. The van der Waals surface area contributed by atoms with Crippen molar-refractivity contribution in [1.29, 1.82) is 0 Å². The molecule has 1 heterocycles. The van der Waals surface area contributed by atoms with Crippen molar-refractivity contribution >= 4 is 52.2 Å². The summed E-state index contributed by atoms with van der Waals surface area (Å²) in [5, 5.41) is 11.5. The van der Waals surface area contributed by atoms with Gasteiger partial charge in [0.15, 0.2) is 0 Å². The van der Waals surface area contributed by atoms with E-state index in [4.69, 9.17) is 11.6 Å².